The molecule has 0 spiro atoms. The molecule has 0 N–H and O–H groups in total. The van der Waals surface area contributed by atoms with E-state index < -0.39 is 0 Å². The van der Waals surface area contributed by atoms with Crippen LogP contribution in [-0.4, -0.2) is 40.0 Å². The van der Waals surface area contributed by atoms with Crippen molar-refractivity contribution in [3.05, 3.63) is 51.7 Å². The second kappa shape index (κ2) is 7.27. The predicted molar refractivity (Wildman–Crippen MR) is 90.7 cm³/mol. The Kier molecular flexibility index (Phi) is 5.13. The molecule has 0 aliphatic carbocycles. The molecule has 0 saturated carbocycles. The molecular weight excluding hydrogens is 382 g/mol. The summed E-state index contributed by atoms with van der Waals surface area (Å²) in [4.78, 5) is 22.5. The molecule has 0 unspecified atom stereocenters. The van der Waals surface area contributed by atoms with E-state index in [4.69, 9.17) is 16.3 Å². The van der Waals surface area contributed by atoms with Gasteiger partial charge in [-0.3, -0.25) is 4.79 Å². The average Bonchev–Trinajstić information content (AvgIpc) is 2.58. The maximum Gasteiger partial charge on any atom is 0.316 e. The molecular formula is C16H15BrClN3O2. The van der Waals surface area contributed by atoms with Gasteiger partial charge in [0, 0.05) is 42.8 Å². The fourth-order valence-electron chi connectivity index (χ4n) is 2.50. The van der Waals surface area contributed by atoms with Crippen molar-refractivity contribution in [3.8, 4) is 6.01 Å². The summed E-state index contributed by atoms with van der Waals surface area (Å²) in [6, 6.07) is 7.42. The van der Waals surface area contributed by atoms with Crippen molar-refractivity contribution in [2.45, 2.75) is 18.9 Å². The first-order valence-corrected chi connectivity index (χ1v) is 8.48. The van der Waals surface area contributed by atoms with Gasteiger partial charge in [0.05, 0.1) is 10.6 Å². The number of amides is 1. The molecule has 1 aliphatic rings. The number of nitrogens with zero attached hydrogens (tertiary/aromatic N) is 3. The molecule has 2 heterocycles. The molecule has 3 rings (SSSR count). The van der Waals surface area contributed by atoms with E-state index in [9.17, 15) is 4.79 Å². The Morgan fingerprint density at radius 2 is 1.96 bits per heavy atom. The summed E-state index contributed by atoms with van der Waals surface area (Å²) in [5.41, 5.74) is 0.520. The van der Waals surface area contributed by atoms with Gasteiger partial charge in [0.15, 0.2) is 0 Å². The zero-order chi connectivity index (χ0) is 16.2. The summed E-state index contributed by atoms with van der Waals surface area (Å²) in [7, 11) is 0. The molecule has 0 radical (unpaired) electrons. The first kappa shape index (κ1) is 16.2. The Labute approximate surface area is 147 Å². The van der Waals surface area contributed by atoms with Crippen molar-refractivity contribution in [2.24, 2.45) is 0 Å². The molecule has 1 amide bonds. The third-order valence-electron chi connectivity index (χ3n) is 3.70. The summed E-state index contributed by atoms with van der Waals surface area (Å²) in [5.74, 6) is -0.0503. The zero-order valence-corrected chi connectivity index (χ0v) is 14.6. The molecule has 1 fully saturated rings. The maximum absolute atomic E-state index is 12.6. The van der Waals surface area contributed by atoms with Crippen LogP contribution in [0.25, 0.3) is 0 Å². The molecule has 5 nitrogen and oxygen atoms in total. The number of likely N-dealkylation sites (tertiary alicyclic amines) is 1. The highest BCUT2D eigenvalue weighted by Gasteiger charge is 2.26. The topological polar surface area (TPSA) is 55.3 Å². The number of benzene rings is 1. The summed E-state index contributed by atoms with van der Waals surface area (Å²) >= 11 is 9.51. The van der Waals surface area contributed by atoms with Crippen LogP contribution in [0.2, 0.25) is 5.02 Å². The molecule has 1 saturated heterocycles. The number of rotatable bonds is 3. The minimum atomic E-state index is -0.0503. The van der Waals surface area contributed by atoms with E-state index in [1.54, 1.807) is 35.5 Å². The first-order valence-electron chi connectivity index (χ1n) is 7.31. The van der Waals surface area contributed by atoms with Crippen LogP contribution in [0.1, 0.15) is 23.2 Å². The van der Waals surface area contributed by atoms with Gasteiger partial charge in [-0.15, -0.1) is 0 Å². The Morgan fingerprint density at radius 1 is 1.26 bits per heavy atom. The van der Waals surface area contributed by atoms with E-state index in [0.29, 0.717) is 29.7 Å². The van der Waals surface area contributed by atoms with Gasteiger partial charge in [-0.25, -0.2) is 9.97 Å². The van der Waals surface area contributed by atoms with Gasteiger partial charge in [0.1, 0.15) is 6.10 Å². The summed E-state index contributed by atoms with van der Waals surface area (Å²) in [6.45, 7) is 1.25. The molecule has 1 aromatic heterocycles. The normalized spacial score (nSPS) is 15.5. The number of hydrogen-bond acceptors (Lipinski definition) is 4. The number of halogens is 2. The summed E-state index contributed by atoms with van der Waals surface area (Å²) < 4.78 is 6.58. The molecule has 2 aromatic rings. The predicted octanol–water partition coefficient (Wildman–Crippen LogP) is 3.58. The second-order valence-corrected chi connectivity index (χ2v) is 6.59. The largest absolute Gasteiger partial charge is 0.460 e. The monoisotopic (exact) mass is 395 g/mol. The van der Waals surface area contributed by atoms with Gasteiger partial charge in [0.25, 0.3) is 5.91 Å². The van der Waals surface area contributed by atoms with E-state index in [1.165, 1.54) is 0 Å². The first-order chi connectivity index (χ1) is 11.1. The highest BCUT2D eigenvalue weighted by Crippen LogP contribution is 2.24. The number of carbonyl (C=O) groups excluding carboxylic acids is 1. The lowest BCUT2D eigenvalue weighted by Gasteiger charge is -2.31. The number of aromatic nitrogens is 2. The van der Waals surface area contributed by atoms with Crippen molar-refractivity contribution < 1.29 is 9.53 Å². The SMILES string of the molecule is O=C(c1cc(Br)ccc1Cl)N1CCC(Oc2ncccn2)CC1. The van der Waals surface area contributed by atoms with Crippen LogP contribution in [0.4, 0.5) is 0 Å². The highest BCUT2D eigenvalue weighted by atomic mass is 79.9. The van der Waals surface area contributed by atoms with E-state index in [-0.39, 0.29) is 12.0 Å². The lowest BCUT2D eigenvalue weighted by Crippen LogP contribution is -2.42. The van der Waals surface area contributed by atoms with Gasteiger partial charge >= 0.3 is 6.01 Å². The maximum atomic E-state index is 12.6. The van der Waals surface area contributed by atoms with Crippen LogP contribution in [-0.2, 0) is 0 Å². The van der Waals surface area contributed by atoms with E-state index in [1.807, 2.05) is 6.07 Å². The average molecular weight is 397 g/mol. The second-order valence-electron chi connectivity index (χ2n) is 5.26. The summed E-state index contributed by atoms with van der Waals surface area (Å²) in [5, 5.41) is 0.467. The highest BCUT2D eigenvalue weighted by molar-refractivity contribution is 9.10. The number of hydrogen-bond donors (Lipinski definition) is 0. The number of piperidine rings is 1. The Hall–Kier alpha value is -1.66. The Morgan fingerprint density at radius 3 is 2.65 bits per heavy atom. The molecule has 7 heteroatoms. The molecule has 120 valence electrons. The molecule has 1 aromatic carbocycles. The number of carbonyl (C=O) groups is 1. The molecule has 23 heavy (non-hydrogen) atoms. The minimum absolute atomic E-state index is 0.0273. The van der Waals surface area contributed by atoms with Crippen molar-refractivity contribution in [1.82, 2.24) is 14.9 Å². The van der Waals surface area contributed by atoms with Gasteiger partial charge in [-0.1, -0.05) is 27.5 Å². The Bertz CT molecular complexity index is 691. The molecule has 0 bridgehead atoms. The van der Waals surface area contributed by atoms with Gasteiger partial charge in [-0.05, 0) is 24.3 Å². The number of ether oxygens (including phenoxy) is 1. The van der Waals surface area contributed by atoms with Gasteiger partial charge in [-0.2, -0.15) is 0 Å². The van der Waals surface area contributed by atoms with Crippen molar-refractivity contribution in [1.29, 1.82) is 0 Å². The summed E-state index contributed by atoms with van der Waals surface area (Å²) in [6.07, 6.45) is 4.82. The molecule has 0 atom stereocenters. The van der Waals surface area contributed by atoms with Crippen molar-refractivity contribution in [3.63, 3.8) is 0 Å². The fourth-order valence-corrected chi connectivity index (χ4v) is 3.06. The van der Waals surface area contributed by atoms with Crippen LogP contribution in [0.15, 0.2) is 41.1 Å². The smallest absolute Gasteiger partial charge is 0.316 e. The van der Waals surface area contributed by atoms with Crippen LogP contribution >= 0.6 is 27.5 Å². The van der Waals surface area contributed by atoms with Crippen molar-refractivity contribution >= 4 is 33.4 Å². The van der Waals surface area contributed by atoms with Crippen LogP contribution in [0.5, 0.6) is 6.01 Å². The quantitative estimate of drug-likeness (QED) is 0.796. The van der Waals surface area contributed by atoms with Crippen molar-refractivity contribution in [2.75, 3.05) is 13.1 Å². The lowest BCUT2D eigenvalue weighted by atomic mass is 10.1. The van der Waals surface area contributed by atoms with E-state index >= 15 is 0 Å². The van der Waals surface area contributed by atoms with E-state index in [2.05, 4.69) is 25.9 Å². The zero-order valence-electron chi connectivity index (χ0n) is 12.3. The van der Waals surface area contributed by atoms with Gasteiger partial charge < -0.3 is 9.64 Å². The Balaban J connectivity index is 1.60. The van der Waals surface area contributed by atoms with Crippen LogP contribution < -0.4 is 4.74 Å². The van der Waals surface area contributed by atoms with Crippen LogP contribution in [0.3, 0.4) is 0 Å². The standard InChI is InChI=1S/C16H15BrClN3O2/c17-11-2-3-14(18)13(10-11)15(22)21-8-4-12(5-9-21)23-16-19-6-1-7-20-16/h1-3,6-7,10,12H,4-5,8-9H2. The van der Waals surface area contributed by atoms with E-state index in [0.717, 1.165) is 17.3 Å². The van der Waals surface area contributed by atoms with Gasteiger partial charge in [0.2, 0.25) is 0 Å². The molecule has 1 aliphatic heterocycles. The third kappa shape index (κ3) is 4.00. The fraction of sp³-hybridized carbons (Fsp3) is 0.312. The van der Waals surface area contributed by atoms with Crippen LogP contribution in [0, 0.1) is 0 Å². The lowest BCUT2D eigenvalue weighted by molar-refractivity contribution is 0.0579. The third-order valence-corrected chi connectivity index (χ3v) is 4.53. The minimum Gasteiger partial charge on any atom is -0.460 e.